The first-order valence-electron chi connectivity index (χ1n) is 5.51. The summed E-state index contributed by atoms with van der Waals surface area (Å²) in [4.78, 5) is 24.7. The molecule has 17 heavy (non-hydrogen) atoms. The van der Waals surface area contributed by atoms with Gasteiger partial charge in [0.2, 0.25) is 0 Å². The minimum atomic E-state index is -0.629. The van der Waals surface area contributed by atoms with Crippen molar-refractivity contribution in [3.8, 4) is 0 Å². The summed E-state index contributed by atoms with van der Waals surface area (Å²) in [5, 5.41) is 3.07. The van der Waals surface area contributed by atoms with E-state index in [1.54, 1.807) is 0 Å². The number of likely N-dealkylation sites (N-methyl/N-ethyl adjacent to an activating group) is 1. The maximum Gasteiger partial charge on any atom is 0.299 e. The standard InChI is InChI=1S/C12H13FN2O2/c1-2-14-5-6-15-10-4-3-8(13)7-9(10)11(16)12(15)17/h3-4,7,14H,2,5-6H2,1H3. The molecular weight excluding hydrogens is 223 g/mol. The Morgan fingerprint density at radius 2 is 2.12 bits per heavy atom. The Balaban J connectivity index is 2.25. The predicted molar refractivity (Wildman–Crippen MR) is 61.6 cm³/mol. The average molecular weight is 236 g/mol. The molecule has 0 fully saturated rings. The Morgan fingerprint density at radius 3 is 2.82 bits per heavy atom. The highest BCUT2D eigenvalue weighted by Crippen LogP contribution is 2.28. The molecule has 5 heteroatoms. The Morgan fingerprint density at radius 1 is 1.35 bits per heavy atom. The fraction of sp³-hybridized carbons (Fsp3) is 0.333. The maximum atomic E-state index is 13.0. The van der Waals surface area contributed by atoms with Crippen LogP contribution >= 0.6 is 0 Å². The second-order valence-corrected chi connectivity index (χ2v) is 3.80. The van der Waals surface area contributed by atoms with Crippen LogP contribution in [0.25, 0.3) is 0 Å². The predicted octanol–water partition coefficient (Wildman–Crippen LogP) is 0.965. The van der Waals surface area contributed by atoms with E-state index in [0.29, 0.717) is 18.8 Å². The molecule has 2 rings (SSSR count). The third-order valence-electron chi connectivity index (χ3n) is 2.70. The van der Waals surface area contributed by atoms with Crippen molar-refractivity contribution in [2.75, 3.05) is 24.5 Å². The Hall–Kier alpha value is -1.75. The molecule has 0 spiro atoms. The summed E-state index contributed by atoms with van der Waals surface area (Å²) in [6.45, 7) is 3.77. The largest absolute Gasteiger partial charge is 0.315 e. The van der Waals surface area contributed by atoms with E-state index in [2.05, 4.69) is 5.32 Å². The third-order valence-corrected chi connectivity index (χ3v) is 2.70. The zero-order valence-electron chi connectivity index (χ0n) is 9.50. The lowest BCUT2D eigenvalue weighted by molar-refractivity contribution is -0.114. The van der Waals surface area contributed by atoms with Gasteiger partial charge in [-0.25, -0.2) is 4.39 Å². The molecule has 0 saturated carbocycles. The summed E-state index contributed by atoms with van der Waals surface area (Å²) in [7, 11) is 0. The first-order chi connectivity index (χ1) is 8.15. The van der Waals surface area contributed by atoms with Crippen LogP contribution in [0.2, 0.25) is 0 Å². The number of nitrogens with one attached hydrogen (secondary N) is 1. The highest BCUT2D eigenvalue weighted by Gasteiger charge is 2.35. The minimum Gasteiger partial charge on any atom is -0.315 e. The average Bonchev–Trinajstić information content (AvgIpc) is 2.54. The van der Waals surface area contributed by atoms with Gasteiger partial charge < -0.3 is 10.2 Å². The van der Waals surface area contributed by atoms with Crippen molar-refractivity contribution in [1.29, 1.82) is 0 Å². The van der Waals surface area contributed by atoms with Gasteiger partial charge in [0.05, 0.1) is 11.3 Å². The number of amides is 1. The zero-order chi connectivity index (χ0) is 12.4. The van der Waals surface area contributed by atoms with E-state index in [1.807, 2.05) is 6.92 Å². The second-order valence-electron chi connectivity index (χ2n) is 3.80. The molecular formula is C12H13FN2O2. The van der Waals surface area contributed by atoms with E-state index < -0.39 is 17.5 Å². The number of fused-ring (bicyclic) bond motifs is 1. The molecule has 1 aromatic carbocycles. The fourth-order valence-corrected chi connectivity index (χ4v) is 1.86. The van der Waals surface area contributed by atoms with Gasteiger partial charge >= 0.3 is 0 Å². The summed E-state index contributed by atoms with van der Waals surface area (Å²) < 4.78 is 13.0. The van der Waals surface area contributed by atoms with Gasteiger partial charge in [-0.15, -0.1) is 0 Å². The van der Waals surface area contributed by atoms with Gasteiger partial charge in [0.15, 0.2) is 0 Å². The minimum absolute atomic E-state index is 0.159. The Labute approximate surface area is 98.4 Å². The van der Waals surface area contributed by atoms with Gasteiger partial charge in [-0.3, -0.25) is 9.59 Å². The highest BCUT2D eigenvalue weighted by molar-refractivity contribution is 6.52. The van der Waals surface area contributed by atoms with Crippen LogP contribution in [0.1, 0.15) is 17.3 Å². The number of anilines is 1. The Kier molecular flexibility index (Phi) is 3.19. The lowest BCUT2D eigenvalue weighted by atomic mass is 10.1. The molecule has 0 atom stereocenters. The quantitative estimate of drug-likeness (QED) is 0.626. The summed E-state index contributed by atoms with van der Waals surface area (Å²) in [5.41, 5.74) is 0.658. The highest BCUT2D eigenvalue weighted by atomic mass is 19.1. The summed E-state index contributed by atoms with van der Waals surface area (Å²) in [6, 6.07) is 3.84. The summed E-state index contributed by atoms with van der Waals surface area (Å²) >= 11 is 0. The first kappa shape index (κ1) is 11.7. The van der Waals surface area contributed by atoms with Crippen LogP contribution in [-0.2, 0) is 4.79 Å². The van der Waals surface area contributed by atoms with Gasteiger partial charge in [-0.05, 0) is 24.7 Å². The molecule has 90 valence electrons. The molecule has 1 aromatic rings. The van der Waals surface area contributed by atoms with Crippen molar-refractivity contribution in [2.45, 2.75) is 6.92 Å². The number of carbonyl (C=O) groups excluding carboxylic acids is 2. The second kappa shape index (κ2) is 4.63. The van der Waals surface area contributed by atoms with Crippen molar-refractivity contribution in [3.05, 3.63) is 29.6 Å². The lowest BCUT2D eigenvalue weighted by Crippen LogP contribution is -2.35. The SMILES string of the molecule is CCNCCN1C(=O)C(=O)c2cc(F)ccc21. The number of hydrogen-bond donors (Lipinski definition) is 1. The van der Waals surface area contributed by atoms with Crippen molar-refractivity contribution in [2.24, 2.45) is 0 Å². The van der Waals surface area contributed by atoms with E-state index in [4.69, 9.17) is 0 Å². The van der Waals surface area contributed by atoms with E-state index >= 15 is 0 Å². The molecule has 0 radical (unpaired) electrons. The van der Waals surface area contributed by atoms with E-state index in [1.165, 1.54) is 17.0 Å². The van der Waals surface area contributed by atoms with Gasteiger partial charge in [0.25, 0.3) is 11.7 Å². The van der Waals surface area contributed by atoms with Crippen LogP contribution in [0.3, 0.4) is 0 Å². The number of halogens is 1. The molecule has 1 amide bonds. The number of Topliss-reactive ketones (excluding diaryl/α,β-unsaturated/α-hetero) is 1. The Bertz CT molecular complexity index is 474. The van der Waals surface area contributed by atoms with Crippen molar-refractivity contribution in [3.63, 3.8) is 0 Å². The van der Waals surface area contributed by atoms with E-state index in [-0.39, 0.29) is 5.56 Å². The molecule has 0 aromatic heterocycles. The normalized spacial score (nSPS) is 14.4. The molecule has 1 heterocycles. The van der Waals surface area contributed by atoms with Crippen molar-refractivity contribution in [1.82, 2.24) is 5.32 Å². The molecule has 1 aliphatic rings. The van der Waals surface area contributed by atoms with Crippen LogP contribution in [0.15, 0.2) is 18.2 Å². The molecule has 1 N–H and O–H groups in total. The number of ketones is 1. The topological polar surface area (TPSA) is 49.4 Å². The first-order valence-corrected chi connectivity index (χ1v) is 5.51. The lowest BCUT2D eigenvalue weighted by Gasteiger charge is -2.16. The fourth-order valence-electron chi connectivity index (χ4n) is 1.86. The van der Waals surface area contributed by atoms with Crippen LogP contribution in [0, 0.1) is 5.82 Å². The van der Waals surface area contributed by atoms with Gasteiger partial charge in [-0.1, -0.05) is 6.92 Å². The van der Waals surface area contributed by atoms with Gasteiger partial charge in [0.1, 0.15) is 5.82 Å². The van der Waals surface area contributed by atoms with Gasteiger partial charge in [0, 0.05) is 13.1 Å². The van der Waals surface area contributed by atoms with Crippen molar-refractivity contribution < 1.29 is 14.0 Å². The molecule has 0 aliphatic carbocycles. The summed E-state index contributed by atoms with van der Waals surface area (Å²) in [5.74, 6) is -1.71. The monoisotopic (exact) mass is 236 g/mol. The van der Waals surface area contributed by atoms with Gasteiger partial charge in [-0.2, -0.15) is 0 Å². The number of carbonyl (C=O) groups is 2. The smallest absolute Gasteiger partial charge is 0.299 e. The van der Waals surface area contributed by atoms with Crippen LogP contribution < -0.4 is 10.2 Å². The molecule has 1 aliphatic heterocycles. The third kappa shape index (κ3) is 2.06. The van der Waals surface area contributed by atoms with Crippen LogP contribution in [-0.4, -0.2) is 31.3 Å². The number of benzene rings is 1. The summed E-state index contributed by atoms with van der Waals surface area (Å²) in [6.07, 6.45) is 0. The molecule has 4 nitrogen and oxygen atoms in total. The molecule has 0 saturated heterocycles. The zero-order valence-corrected chi connectivity index (χ0v) is 9.50. The molecule has 0 unspecified atom stereocenters. The van der Waals surface area contributed by atoms with Crippen molar-refractivity contribution >= 4 is 17.4 Å². The number of rotatable bonds is 4. The van der Waals surface area contributed by atoms with E-state index in [9.17, 15) is 14.0 Å². The number of nitrogens with zero attached hydrogens (tertiary/aromatic N) is 1. The molecule has 0 bridgehead atoms. The van der Waals surface area contributed by atoms with E-state index in [0.717, 1.165) is 12.6 Å². The van der Waals surface area contributed by atoms with Crippen LogP contribution in [0.5, 0.6) is 0 Å². The number of hydrogen-bond acceptors (Lipinski definition) is 3. The van der Waals surface area contributed by atoms with Crippen LogP contribution in [0.4, 0.5) is 10.1 Å². The maximum absolute atomic E-state index is 13.0.